The largest absolute Gasteiger partial charge is 0.444 e. The molecule has 3 aromatic rings. The molecule has 0 aliphatic rings. The number of amides is 2. The second kappa shape index (κ2) is 9.19. The summed E-state index contributed by atoms with van der Waals surface area (Å²) in [6.45, 7) is 0.653. The van der Waals surface area contributed by atoms with E-state index in [9.17, 15) is 9.59 Å². The molecule has 1 heterocycles. The summed E-state index contributed by atoms with van der Waals surface area (Å²) in [6, 6.07) is 16.7. The van der Waals surface area contributed by atoms with Gasteiger partial charge in [-0.3, -0.25) is 9.59 Å². The number of carbonyl (C=O) groups excluding carboxylic acids is 2. The van der Waals surface area contributed by atoms with Gasteiger partial charge in [-0.25, -0.2) is 4.98 Å². The van der Waals surface area contributed by atoms with Gasteiger partial charge in [0.05, 0.1) is 12.1 Å². The molecular formula is C21H20ClN3O3. The number of aromatic nitrogens is 1. The monoisotopic (exact) mass is 397 g/mol. The average Bonchev–Trinajstić information content (AvgIpc) is 3.14. The van der Waals surface area contributed by atoms with Crippen LogP contribution in [-0.4, -0.2) is 28.2 Å². The highest BCUT2D eigenvalue weighted by Crippen LogP contribution is 2.21. The third kappa shape index (κ3) is 5.44. The van der Waals surface area contributed by atoms with Crippen molar-refractivity contribution >= 4 is 23.4 Å². The van der Waals surface area contributed by atoms with Crippen molar-refractivity contribution in [2.24, 2.45) is 5.73 Å². The minimum absolute atomic E-state index is 0.0721. The molecule has 6 nitrogen and oxygen atoms in total. The maximum Gasteiger partial charge on any atom is 0.229 e. The van der Waals surface area contributed by atoms with Gasteiger partial charge in [0.15, 0.2) is 0 Å². The van der Waals surface area contributed by atoms with Crippen molar-refractivity contribution in [1.29, 1.82) is 0 Å². The van der Waals surface area contributed by atoms with Crippen LogP contribution in [0.3, 0.4) is 0 Å². The molecule has 144 valence electrons. The first-order valence-corrected chi connectivity index (χ1v) is 9.19. The Bertz CT molecular complexity index is 939. The van der Waals surface area contributed by atoms with E-state index in [0.29, 0.717) is 23.2 Å². The zero-order valence-corrected chi connectivity index (χ0v) is 15.9. The summed E-state index contributed by atoms with van der Waals surface area (Å²) in [5, 5.41) is 0.622. The molecule has 1 aromatic heterocycles. The van der Waals surface area contributed by atoms with Crippen molar-refractivity contribution < 1.29 is 14.0 Å². The van der Waals surface area contributed by atoms with Gasteiger partial charge in [0.2, 0.25) is 17.7 Å². The quantitative estimate of drug-likeness (QED) is 0.630. The molecule has 2 amide bonds. The number of benzene rings is 2. The van der Waals surface area contributed by atoms with E-state index in [4.69, 9.17) is 21.8 Å². The lowest BCUT2D eigenvalue weighted by molar-refractivity contribution is -0.131. The fourth-order valence-corrected chi connectivity index (χ4v) is 2.85. The van der Waals surface area contributed by atoms with Crippen LogP contribution in [0.2, 0.25) is 5.02 Å². The first-order chi connectivity index (χ1) is 13.5. The summed E-state index contributed by atoms with van der Waals surface area (Å²) in [4.78, 5) is 30.0. The highest BCUT2D eigenvalue weighted by atomic mass is 35.5. The fourth-order valence-electron chi connectivity index (χ4n) is 2.72. The van der Waals surface area contributed by atoms with Gasteiger partial charge < -0.3 is 15.1 Å². The Labute approximate surface area is 167 Å². The number of primary amides is 1. The maximum absolute atomic E-state index is 12.8. The van der Waals surface area contributed by atoms with Crippen LogP contribution in [-0.2, 0) is 22.6 Å². The van der Waals surface area contributed by atoms with E-state index in [1.165, 1.54) is 6.26 Å². The normalized spacial score (nSPS) is 10.6. The Hall–Kier alpha value is -3.12. The Morgan fingerprint density at radius 1 is 1.07 bits per heavy atom. The summed E-state index contributed by atoms with van der Waals surface area (Å²) in [7, 11) is 0. The molecule has 0 atom stereocenters. The van der Waals surface area contributed by atoms with Crippen LogP contribution in [0.15, 0.2) is 65.3 Å². The third-order valence-corrected chi connectivity index (χ3v) is 4.42. The average molecular weight is 398 g/mol. The number of rotatable bonds is 8. The third-order valence-electron chi connectivity index (χ3n) is 4.17. The Kier molecular flexibility index (Phi) is 6.45. The smallest absolute Gasteiger partial charge is 0.229 e. The maximum atomic E-state index is 12.8. The van der Waals surface area contributed by atoms with E-state index in [1.54, 1.807) is 29.2 Å². The predicted octanol–water partition coefficient (Wildman–Crippen LogP) is 3.44. The molecule has 2 N–H and O–H groups in total. The Morgan fingerprint density at radius 3 is 2.46 bits per heavy atom. The SMILES string of the molecule is NC(=O)CCN(Cc1ccccc1)C(=O)Cc1coc(-c2ccc(Cl)cc2)n1. The van der Waals surface area contributed by atoms with Gasteiger partial charge >= 0.3 is 0 Å². The fraction of sp³-hybridized carbons (Fsp3) is 0.190. The van der Waals surface area contributed by atoms with Crippen LogP contribution in [0, 0.1) is 0 Å². The topological polar surface area (TPSA) is 89.4 Å². The molecule has 0 unspecified atom stereocenters. The highest BCUT2D eigenvalue weighted by Gasteiger charge is 2.18. The second-order valence-corrected chi connectivity index (χ2v) is 6.78. The Balaban J connectivity index is 1.70. The molecule has 0 saturated carbocycles. The van der Waals surface area contributed by atoms with Gasteiger partial charge in [-0.15, -0.1) is 0 Å². The second-order valence-electron chi connectivity index (χ2n) is 6.34. The standard InChI is InChI=1S/C21H20ClN3O3/c22-17-8-6-16(7-9-17)21-24-18(14-28-21)12-20(27)25(11-10-19(23)26)13-15-4-2-1-3-5-15/h1-9,14H,10-13H2,(H2,23,26). The molecule has 0 aliphatic heterocycles. The molecule has 3 rings (SSSR count). The van der Waals surface area contributed by atoms with Gasteiger partial charge in [0.25, 0.3) is 0 Å². The van der Waals surface area contributed by atoms with Crippen molar-refractivity contribution in [3.05, 3.63) is 77.1 Å². The van der Waals surface area contributed by atoms with Crippen LogP contribution in [0.25, 0.3) is 11.5 Å². The lowest BCUT2D eigenvalue weighted by Gasteiger charge is -2.22. The van der Waals surface area contributed by atoms with E-state index in [1.807, 2.05) is 30.3 Å². The van der Waals surface area contributed by atoms with Gasteiger partial charge in [-0.1, -0.05) is 41.9 Å². The van der Waals surface area contributed by atoms with E-state index in [-0.39, 0.29) is 25.3 Å². The van der Waals surface area contributed by atoms with Crippen LogP contribution in [0.4, 0.5) is 0 Å². The Morgan fingerprint density at radius 2 is 1.79 bits per heavy atom. The molecule has 28 heavy (non-hydrogen) atoms. The lowest BCUT2D eigenvalue weighted by atomic mass is 10.2. The van der Waals surface area contributed by atoms with Crippen molar-refractivity contribution in [3.63, 3.8) is 0 Å². The van der Waals surface area contributed by atoms with E-state index < -0.39 is 5.91 Å². The minimum atomic E-state index is -0.447. The van der Waals surface area contributed by atoms with Gasteiger partial charge in [0, 0.05) is 30.1 Å². The number of hydrogen-bond donors (Lipinski definition) is 1. The van der Waals surface area contributed by atoms with Crippen molar-refractivity contribution in [2.75, 3.05) is 6.54 Å². The first kappa shape index (κ1) is 19.6. The first-order valence-electron chi connectivity index (χ1n) is 8.81. The predicted molar refractivity (Wildman–Crippen MR) is 106 cm³/mol. The molecule has 7 heteroatoms. The molecule has 2 aromatic carbocycles. The summed E-state index contributed by atoms with van der Waals surface area (Å²) < 4.78 is 5.49. The van der Waals surface area contributed by atoms with Crippen LogP contribution >= 0.6 is 11.6 Å². The summed E-state index contributed by atoms with van der Waals surface area (Å²) >= 11 is 5.89. The van der Waals surface area contributed by atoms with Crippen LogP contribution in [0.1, 0.15) is 17.7 Å². The number of nitrogens with two attached hydrogens (primary N) is 1. The van der Waals surface area contributed by atoms with Gasteiger partial charge in [-0.05, 0) is 29.8 Å². The number of halogens is 1. The van der Waals surface area contributed by atoms with E-state index in [0.717, 1.165) is 11.1 Å². The molecule has 0 saturated heterocycles. The van der Waals surface area contributed by atoms with Gasteiger partial charge in [-0.2, -0.15) is 0 Å². The number of hydrogen-bond acceptors (Lipinski definition) is 4. The van der Waals surface area contributed by atoms with Crippen molar-refractivity contribution in [2.45, 2.75) is 19.4 Å². The highest BCUT2D eigenvalue weighted by molar-refractivity contribution is 6.30. The summed E-state index contributed by atoms with van der Waals surface area (Å²) in [5.74, 6) is -0.176. The summed E-state index contributed by atoms with van der Waals surface area (Å²) in [5.41, 5.74) is 7.52. The van der Waals surface area contributed by atoms with Crippen LogP contribution in [0.5, 0.6) is 0 Å². The molecule has 0 aliphatic carbocycles. The molecular weight excluding hydrogens is 378 g/mol. The minimum Gasteiger partial charge on any atom is -0.444 e. The molecule has 0 bridgehead atoms. The molecule has 0 fully saturated rings. The van der Waals surface area contributed by atoms with E-state index in [2.05, 4.69) is 4.98 Å². The van der Waals surface area contributed by atoms with Gasteiger partial charge in [0.1, 0.15) is 6.26 Å². The lowest BCUT2D eigenvalue weighted by Crippen LogP contribution is -2.34. The zero-order chi connectivity index (χ0) is 19.9. The molecule has 0 radical (unpaired) electrons. The zero-order valence-electron chi connectivity index (χ0n) is 15.2. The number of nitrogens with zero attached hydrogens (tertiary/aromatic N) is 2. The number of oxazole rings is 1. The van der Waals surface area contributed by atoms with Crippen molar-refractivity contribution in [3.8, 4) is 11.5 Å². The number of carbonyl (C=O) groups is 2. The molecule has 0 spiro atoms. The van der Waals surface area contributed by atoms with E-state index >= 15 is 0 Å². The summed E-state index contributed by atoms with van der Waals surface area (Å²) in [6.07, 6.45) is 1.65. The van der Waals surface area contributed by atoms with Crippen molar-refractivity contribution in [1.82, 2.24) is 9.88 Å². The van der Waals surface area contributed by atoms with Crippen LogP contribution < -0.4 is 5.73 Å².